The van der Waals surface area contributed by atoms with Gasteiger partial charge in [0.15, 0.2) is 5.03 Å². The number of likely N-dealkylation sites (N-methyl/N-ethyl adjacent to an activating group) is 1. The van der Waals surface area contributed by atoms with E-state index in [1.807, 2.05) is 14.0 Å². The SMILES string of the molecule is CC(CNS(=O)(=O)c1ccc(C(=O)O)cn1)N(C)C1CC1. The van der Waals surface area contributed by atoms with Crippen molar-refractivity contribution in [3.63, 3.8) is 0 Å². The molecule has 0 aliphatic heterocycles. The summed E-state index contributed by atoms with van der Waals surface area (Å²) in [6.45, 7) is 2.25. The number of rotatable bonds is 7. The summed E-state index contributed by atoms with van der Waals surface area (Å²) in [5, 5.41) is 8.59. The molecule has 0 aromatic carbocycles. The van der Waals surface area contributed by atoms with E-state index in [2.05, 4.69) is 14.6 Å². The van der Waals surface area contributed by atoms with Crippen LogP contribution in [0.1, 0.15) is 30.1 Å². The molecule has 0 saturated heterocycles. The molecule has 1 fully saturated rings. The minimum atomic E-state index is -3.72. The number of sulfonamides is 1. The number of aromatic nitrogens is 1. The summed E-state index contributed by atoms with van der Waals surface area (Å²) in [5.74, 6) is -1.14. The van der Waals surface area contributed by atoms with Crippen molar-refractivity contribution in [1.82, 2.24) is 14.6 Å². The number of pyridine rings is 1. The van der Waals surface area contributed by atoms with Gasteiger partial charge in [-0.3, -0.25) is 4.90 Å². The van der Waals surface area contributed by atoms with Crippen molar-refractivity contribution in [3.05, 3.63) is 23.9 Å². The van der Waals surface area contributed by atoms with Crippen molar-refractivity contribution in [3.8, 4) is 0 Å². The summed E-state index contributed by atoms with van der Waals surface area (Å²) in [4.78, 5) is 16.6. The maximum atomic E-state index is 12.1. The average molecular weight is 313 g/mol. The molecular formula is C13H19N3O4S. The summed E-state index contributed by atoms with van der Waals surface area (Å²) in [6, 6.07) is 3.06. The van der Waals surface area contributed by atoms with E-state index in [1.165, 1.54) is 12.1 Å². The molecule has 7 nitrogen and oxygen atoms in total. The van der Waals surface area contributed by atoms with E-state index in [9.17, 15) is 13.2 Å². The highest BCUT2D eigenvalue weighted by atomic mass is 32.2. The average Bonchev–Trinajstić information content (AvgIpc) is 3.28. The van der Waals surface area contributed by atoms with E-state index in [0.717, 1.165) is 19.0 Å². The fraction of sp³-hybridized carbons (Fsp3) is 0.538. The lowest BCUT2D eigenvalue weighted by Gasteiger charge is -2.24. The molecule has 1 atom stereocenters. The lowest BCUT2D eigenvalue weighted by molar-refractivity contribution is 0.0696. The van der Waals surface area contributed by atoms with Crippen LogP contribution in [-0.4, -0.2) is 55.1 Å². The van der Waals surface area contributed by atoms with E-state index in [4.69, 9.17) is 5.11 Å². The van der Waals surface area contributed by atoms with Gasteiger partial charge in [0.1, 0.15) is 0 Å². The summed E-state index contributed by atoms with van der Waals surface area (Å²) in [7, 11) is -1.73. The standard InChI is InChI=1S/C13H19N3O4S/c1-9(16(2)11-4-5-11)7-15-21(19,20)12-6-3-10(8-14-12)13(17)18/h3,6,8-9,11,15H,4-5,7H2,1-2H3,(H,17,18). The molecule has 2 rings (SSSR count). The van der Waals surface area contributed by atoms with Crippen molar-refractivity contribution in [1.29, 1.82) is 0 Å². The molecule has 1 aromatic rings. The molecule has 1 saturated carbocycles. The predicted molar refractivity (Wildman–Crippen MR) is 76.6 cm³/mol. The first-order valence-electron chi connectivity index (χ1n) is 6.72. The molecule has 1 aliphatic rings. The molecule has 1 heterocycles. The Balaban J connectivity index is 1.99. The van der Waals surface area contributed by atoms with Crippen LogP contribution in [0.5, 0.6) is 0 Å². The van der Waals surface area contributed by atoms with Gasteiger partial charge in [-0.2, -0.15) is 0 Å². The highest BCUT2D eigenvalue weighted by molar-refractivity contribution is 7.89. The largest absolute Gasteiger partial charge is 0.478 e. The van der Waals surface area contributed by atoms with Crippen molar-refractivity contribution in [2.45, 2.75) is 36.9 Å². The third-order valence-electron chi connectivity index (χ3n) is 3.65. The monoisotopic (exact) mass is 313 g/mol. The molecular weight excluding hydrogens is 294 g/mol. The Morgan fingerprint density at radius 3 is 2.67 bits per heavy atom. The highest BCUT2D eigenvalue weighted by Crippen LogP contribution is 2.26. The van der Waals surface area contributed by atoms with Gasteiger partial charge < -0.3 is 5.11 Å². The Kier molecular flexibility index (Phi) is 4.60. The van der Waals surface area contributed by atoms with Crippen molar-refractivity contribution in [2.75, 3.05) is 13.6 Å². The third kappa shape index (κ3) is 3.99. The zero-order chi connectivity index (χ0) is 15.6. The van der Waals surface area contributed by atoms with Crippen molar-refractivity contribution in [2.24, 2.45) is 0 Å². The normalized spacial score (nSPS) is 16.9. The van der Waals surface area contributed by atoms with E-state index in [1.54, 1.807) is 0 Å². The lowest BCUT2D eigenvalue weighted by Crippen LogP contribution is -2.41. The van der Waals surface area contributed by atoms with Crippen LogP contribution in [0, 0.1) is 0 Å². The van der Waals surface area contributed by atoms with Gasteiger partial charge in [0.05, 0.1) is 5.56 Å². The Labute approximate surface area is 124 Å². The maximum Gasteiger partial charge on any atom is 0.337 e. The van der Waals surface area contributed by atoms with Crippen LogP contribution in [0.4, 0.5) is 0 Å². The zero-order valence-electron chi connectivity index (χ0n) is 12.0. The van der Waals surface area contributed by atoms with Crippen LogP contribution in [-0.2, 0) is 10.0 Å². The van der Waals surface area contributed by atoms with Gasteiger partial charge in [-0.25, -0.2) is 22.9 Å². The summed E-state index contributed by atoms with van der Waals surface area (Å²) >= 11 is 0. The van der Waals surface area contributed by atoms with E-state index < -0.39 is 16.0 Å². The number of carboxylic acids is 1. The number of hydrogen-bond acceptors (Lipinski definition) is 5. The predicted octanol–water partition coefficient (Wildman–Crippen LogP) is 0.541. The van der Waals surface area contributed by atoms with Gasteiger partial charge in [-0.15, -0.1) is 0 Å². The fourth-order valence-electron chi connectivity index (χ4n) is 1.96. The van der Waals surface area contributed by atoms with Gasteiger partial charge in [-0.05, 0) is 38.9 Å². The van der Waals surface area contributed by atoms with E-state index in [-0.39, 0.29) is 23.2 Å². The Hall–Kier alpha value is -1.51. The topological polar surface area (TPSA) is 99.6 Å². The quantitative estimate of drug-likeness (QED) is 0.762. The van der Waals surface area contributed by atoms with Crippen LogP contribution >= 0.6 is 0 Å². The van der Waals surface area contributed by atoms with Gasteiger partial charge >= 0.3 is 5.97 Å². The molecule has 1 aromatic heterocycles. The maximum absolute atomic E-state index is 12.1. The van der Waals surface area contributed by atoms with Crippen LogP contribution in [0.2, 0.25) is 0 Å². The first kappa shape index (κ1) is 15.9. The third-order valence-corrected chi connectivity index (χ3v) is 4.98. The molecule has 1 aliphatic carbocycles. The number of carbonyl (C=O) groups is 1. The number of hydrogen-bond donors (Lipinski definition) is 2. The lowest BCUT2D eigenvalue weighted by atomic mass is 10.3. The number of carboxylic acid groups (broad SMARTS) is 1. The van der Waals surface area contributed by atoms with Gasteiger partial charge in [0.2, 0.25) is 0 Å². The summed E-state index contributed by atoms with van der Waals surface area (Å²) in [5.41, 5.74) is -0.0456. The second kappa shape index (κ2) is 6.08. The highest BCUT2D eigenvalue weighted by Gasteiger charge is 2.29. The van der Waals surface area contributed by atoms with E-state index >= 15 is 0 Å². The first-order valence-corrected chi connectivity index (χ1v) is 8.20. The molecule has 21 heavy (non-hydrogen) atoms. The Morgan fingerprint density at radius 2 is 2.19 bits per heavy atom. The Morgan fingerprint density at radius 1 is 1.52 bits per heavy atom. The Bertz CT molecular complexity index is 611. The fourth-order valence-corrected chi connectivity index (χ4v) is 3.00. The van der Waals surface area contributed by atoms with Crippen molar-refractivity contribution < 1.29 is 18.3 Å². The number of nitrogens with zero attached hydrogens (tertiary/aromatic N) is 2. The molecule has 2 N–H and O–H groups in total. The zero-order valence-corrected chi connectivity index (χ0v) is 12.8. The van der Waals surface area contributed by atoms with Gasteiger partial charge in [0.25, 0.3) is 10.0 Å². The molecule has 116 valence electrons. The van der Waals surface area contributed by atoms with Crippen LogP contribution in [0.15, 0.2) is 23.4 Å². The van der Waals surface area contributed by atoms with Crippen LogP contribution in [0.25, 0.3) is 0 Å². The molecule has 0 spiro atoms. The second-order valence-corrected chi connectivity index (χ2v) is 7.00. The summed E-state index contributed by atoms with van der Waals surface area (Å²) in [6.07, 6.45) is 3.36. The molecule has 0 amide bonds. The second-order valence-electron chi connectivity index (χ2n) is 5.29. The molecule has 8 heteroatoms. The van der Waals surface area contributed by atoms with E-state index in [0.29, 0.717) is 6.04 Å². The first-order chi connectivity index (χ1) is 9.81. The molecule has 1 unspecified atom stereocenters. The van der Waals surface area contributed by atoms with Gasteiger partial charge in [-0.1, -0.05) is 0 Å². The smallest absolute Gasteiger partial charge is 0.337 e. The van der Waals surface area contributed by atoms with Crippen LogP contribution in [0.3, 0.4) is 0 Å². The van der Waals surface area contributed by atoms with Gasteiger partial charge in [0, 0.05) is 24.8 Å². The number of aromatic carboxylic acids is 1. The van der Waals surface area contributed by atoms with Crippen molar-refractivity contribution >= 4 is 16.0 Å². The minimum Gasteiger partial charge on any atom is -0.478 e. The summed E-state index contributed by atoms with van der Waals surface area (Å²) < 4.78 is 26.7. The number of nitrogens with one attached hydrogen (secondary N) is 1. The minimum absolute atomic E-state index is 0.0456. The van der Waals surface area contributed by atoms with Crippen LogP contribution < -0.4 is 4.72 Å². The molecule has 0 bridgehead atoms. The molecule has 0 radical (unpaired) electrons.